The van der Waals surface area contributed by atoms with E-state index in [2.05, 4.69) is 0 Å². The van der Waals surface area contributed by atoms with Gasteiger partial charge >= 0.3 is 6.09 Å². The van der Waals surface area contributed by atoms with E-state index < -0.39 is 11.7 Å². The molecule has 0 spiro atoms. The summed E-state index contributed by atoms with van der Waals surface area (Å²) in [5, 5.41) is 11.6. The van der Waals surface area contributed by atoms with Crippen molar-refractivity contribution in [1.82, 2.24) is 4.90 Å². The van der Waals surface area contributed by atoms with E-state index in [1.807, 2.05) is 20.8 Å². The van der Waals surface area contributed by atoms with E-state index in [0.29, 0.717) is 41.5 Å². The van der Waals surface area contributed by atoms with Crippen LogP contribution in [0.4, 0.5) is 4.79 Å². The Kier molecular flexibility index (Phi) is 5.82. The molecule has 1 atom stereocenters. The molecule has 1 aliphatic heterocycles. The summed E-state index contributed by atoms with van der Waals surface area (Å²) in [7, 11) is 0. The number of hydrogen-bond donors (Lipinski definition) is 1. The summed E-state index contributed by atoms with van der Waals surface area (Å²) in [5.74, 6) is 0.0624. The Morgan fingerprint density at radius 3 is 2.43 bits per heavy atom. The Morgan fingerprint density at radius 2 is 1.91 bits per heavy atom. The first kappa shape index (κ1) is 18.4. The van der Waals surface area contributed by atoms with Crippen LogP contribution in [0.3, 0.4) is 0 Å². The smallest absolute Gasteiger partial charge is 0.410 e. The maximum absolute atomic E-state index is 12.1. The number of carbonyl (C=O) groups is 1. The molecule has 0 aromatic heterocycles. The van der Waals surface area contributed by atoms with Gasteiger partial charge in [-0.2, -0.15) is 0 Å². The summed E-state index contributed by atoms with van der Waals surface area (Å²) in [4.78, 5) is 13.7. The van der Waals surface area contributed by atoms with Crippen LogP contribution in [0, 0.1) is 5.92 Å². The fourth-order valence-corrected chi connectivity index (χ4v) is 3.24. The first-order valence-electron chi connectivity index (χ1n) is 7.78. The summed E-state index contributed by atoms with van der Waals surface area (Å²) in [6.07, 6.45) is 0.467. The Hall–Kier alpha value is -0.970. The molecule has 1 aromatic rings. The molecule has 1 unspecified atom stereocenters. The highest BCUT2D eigenvalue weighted by atomic mass is 35.5. The third kappa shape index (κ3) is 5.00. The molecule has 6 heteroatoms. The fourth-order valence-electron chi connectivity index (χ4n) is 2.72. The second kappa shape index (κ2) is 7.29. The number of aliphatic hydroxyl groups is 1. The van der Waals surface area contributed by atoms with Gasteiger partial charge in [-0.3, -0.25) is 0 Å². The highest BCUT2D eigenvalue weighted by Crippen LogP contribution is 2.35. The van der Waals surface area contributed by atoms with Crippen LogP contribution < -0.4 is 0 Å². The molecule has 1 saturated heterocycles. The quantitative estimate of drug-likeness (QED) is 0.834. The van der Waals surface area contributed by atoms with E-state index in [1.165, 1.54) is 0 Å². The second-order valence-electron chi connectivity index (χ2n) is 6.92. The molecule has 0 bridgehead atoms. The number of nitrogens with zero attached hydrogens (tertiary/aromatic N) is 1. The Morgan fingerprint density at radius 1 is 1.30 bits per heavy atom. The van der Waals surface area contributed by atoms with Gasteiger partial charge in [0.1, 0.15) is 5.60 Å². The van der Waals surface area contributed by atoms with Crippen LogP contribution in [-0.2, 0) is 4.74 Å². The molecule has 1 amide bonds. The fraction of sp³-hybridized carbons (Fsp3) is 0.588. The molecule has 1 N–H and O–H groups in total. The van der Waals surface area contributed by atoms with Gasteiger partial charge in [-0.15, -0.1) is 0 Å². The molecule has 1 aromatic carbocycles. The van der Waals surface area contributed by atoms with Gasteiger partial charge in [0, 0.05) is 23.1 Å². The zero-order chi connectivity index (χ0) is 17.2. The second-order valence-corrected chi connectivity index (χ2v) is 7.76. The zero-order valence-electron chi connectivity index (χ0n) is 13.7. The van der Waals surface area contributed by atoms with E-state index in [-0.39, 0.29) is 12.0 Å². The third-order valence-corrected chi connectivity index (χ3v) is 4.48. The van der Waals surface area contributed by atoms with Gasteiger partial charge in [0.2, 0.25) is 0 Å². The summed E-state index contributed by atoms with van der Waals surface area (Å²) < 4.78 is 5.38. The molecule has 23 heavy (non-hydrogen) atoms. The minimum Gasteiger partial charge on any atom is -0.444 e. The minimum absolute atomic E-state index is 0.0624. The zero-order valence-corrected chi connectivity index (χ0v) is 15.2. The van der Waals surface area contributed by atoms with Crippen molar-refractivity contribution in [3.8, 4) is 0 Å². The molecule has 2 rings (SSSR count). The van der Waals surface area contributed by atoms with Crippen LogP contribution >= 0.6 is 23.2 Å². The van der Waals surface area contributed by atoms with Crippen molar-refractivity contribution in [3.05, 3.63) is 33.8 Å². The van der Waals surface area contributed by atoms with Crippen LogP contribution in [0.5, 0.6) is 0 Å². The van der Waals surface area contributed by atoms with Crippen molar-refractivity contribution in [3.63, 3.8) is 0 Å². The molecular weight excluding hydrogens is 337 g/mol. The van der Waals surface area contributed by atoms with Gasteiger partial charge in [0.25, 0.3) is 0 Å². The van der Waals surface area contributed by atoms with Gasteiger partial charge in [-0.05, 0) is 57.2 Å². The summed E-state index contributed by atoms with van der Waals surface area (Å²) >= 11 is 12.1. The summed E-state index contributed by atoms with van der Waals surface area (Å²) in [6.45, 7) is 6.70. The highest BCUT2D eigenvalue weighted by Gasteiger charge is 2.31. The number of likely N-dealkylation sites (tertiary alicyclic amines) is 1. The van der Waals surface area contributed by atoms with Gasteiger partial charge in [-0.1, -0.05) is 29.3 Å². The number of benzene rings is 1. The standard InChI is InChI=1S/C17H23Cl2NO3/c1-17(2,3)23-16(22)20-8-6-11(7-9-20)15(21)13-5-4-12(18)10-14(13)19/h4-5,10-11,15,21H,6-9H2,1-3H3. The molecule has 1 fully saturated rings. The van der Waals surface area contributed by atoms with Gasteiger partial charge < -0.3 is 14.7 Å². The number of aliphatic hydroxyl groups excluding tert-OH is 1. The van der Waals surface area contributed by atoms with Gasteiger partial charge in [0.15, 0.2) is 0 Å². The number of amides is 1. The third-order valence-electron chi connectivity index (χ3n) is 3.92. The average molecular weight is 360 g/mol. The number of hydrogen-bond acceptors (Lipinski definition) is 3. The van der Waals surface area contributed by atoms with Crippen molar-refractivity contribution in [2.75, 3.05) is 13.1 Å². The van der Waals surface area contributed by atoms with E-state index in [0.717, 1.165) is 0 Å². The lowest BCUT2D eigenvalue weighted by molar-refractivity contribution is 0.00768. The number of halogens is 2. The predicted molar refractivity (Wildman–Crippen MR) is 92.0 cm³/mol. The van der Waals surface area contributed by atoms with E-state index in [1.54, 1.807) is 23.1 Å². The maximum atomic E-state index is 12.1. The number of rotatable bonds is 2. The summed E-state index contributed by atoms with van der Waals surface area (Å²) in [5.41, 5.74) is 0.191. The van der Waals surface area contributed by atoms with Crippen molar-refractivity contribution in [2.45, 2.75) is 45.3 Å². The van der Waals surface area contributed by atoms with Crippen molar-refractivity contribution >= 4 is 29.3 Å². The highest BCUT2D eigenvalue weighted by molar-refractivity contribution is 6.35. The predicted octanol–water partition coefficient (Wildman–Crippen LogP) is 4.67. The van der Waals surface area contributed by atoms with Crippen LogP contribution in [-0.4, -0.2) is 34.8 Å². The van der Waals surface area contributed by atoms with Gasteiger partial charge in [0.05, 0.1) is 6.10 Å². The molecule has 1 aliphatic rings. The number of ether oxygens (including phenoxy) is 1. The Labute approximate surface area is 147 Å². The topological polar surface area (TPSA) is 49.8 Å². The first-order chi connectivity index (χ1) is 10.7. The number of carbonyl (C=O) groups excluding carboxylic acids is 1. The van der Waals surface area contributed by atoms with Crippen molar-refractivity contribution < 1.29 is 14.6 Å². The van der Waals surface area contributed by atoms with E-state index >= 15 is 0 Å². The molecule has 0 saturated carbocycles. The summed E-state index contributed by atoms with van der Waals surface area (Å²) in [6, 6.07) is 5.12. The number of piperidine rings is 1. The van der Waals surface area contributed by atoms with E-state index in [4.69, 9.17) is 27.9 Å². The van der Waals surface area contributed by atoms with Crippen LogP contribution in [0.15, 0.2) is 18.2 Å². The molecule has 128 valence electrons. The largest absolute Gasteiger partial charge is 0.444 e. The normalized spacial score (nSPS) is 17.9. The maximum Gasteiger partial charge on any atom is 0.410 e. The molecule has 0 aliphatic carbocycles. The van der Waals surface area contributed by atoms with E-state index in [9.17, 15) is 9.90 Å². The molecule has 4 nitrogen and oxygen atoms in total. The SMILES string of the molecule is CC(C)(C)OC(=O)N1CCC(C(O)c2ccc(Cl)cc2Cl)CC1. The minimum atomic E-state index is -0.652. The van der Waals surface area contributed by atoms with Crippen LogP contribution in [0.25, 0.3) is 0 Å². The first-order valence-corrected chi connectivity index (χ1v) is 8.54. The molecule has 1 heterocycles. The van der Waals surface area contributed by atoms with Crippen molar-refractivity contribution in [2.24, 2.45) is 5.92 Å². The lowest BCUT2D eigenvalue weighted by Gasteiger charge is -2.35. The molecular formula is C17H23Cl2NO3. The molecule has 0 radical (unpaired) electrons. The average Bonchev–Trinajstić information content (AvgIpc) is 2.45. The van der Waals surface area contributed by atoms with Crippen LogP contribution in [0.2, 0.25) is 10.0 Å². The monoisotopic (exact) mass is 359 g/mol. The Balaban J connectivity index is 1.95. The lowest BCUT2D eigenvalue weighted by Crippen LogP contribution is -2.42. The Bertz CT molecular complexity index is 563. The lowest BCUT2D eigenvalue weighted by atomic mass is 9.87. The van der Waals surface area contributed by atoms with Crippen molar-refractivity contribution in [1.29, 1.82) is 0 Å². The van der Waals surface area contributed by atoms with Gasteiger partial charge in [-0.25, -0.2) is 4.79 Å². The van der Waals surface area contributed by atoms with Crippen LogP contribution in [0.1, 0.15) is 45.3 Å².